The highest BCUT2D eigenvalue weighted by molar-refractivity contribution is 5.27. The van der Waals surface area contributed by atoms with E-state index in [0.717, 1.165) is 24.6 Å². The monoisotopic (exact) mass is 249 g/mol. The average molecular weight is 249 g/mol. The van der Waals surface area contributed by atoms with Gasteiger partial charge in [-0.1, -0.05) is 26.0 Å². The Kier molecular flexibility index (Phi) is 6.81. The third-order valence-electron chi connectivity index (χ3n) is 3.24. The molecule has 18 heavy (non-hydrogen) atoms. The molecule has 1 aromatic carbocycles. The zero-order chi connectivity index (χ0) is 13.4. The molecule has 0 saturated carbocycles. The Labute approximate surface area is 112 Å². The second-order valence-electron chi connectivity index (χ2n) is 5.42. The maximum Gasteiger partial charge on any atom is 0.118 e. The van der Waals surface area contributed by atoms with Crippen molar-refractivity contribution < 1.29 is 4.74 Å². The number of hydrogen-bond donors (Lipinski definition) is 1. The summed E-state index contributed by atoms with van der Waals surface area (Å²) < 4.78 is 5.16. The van der Waals surface area contributed by atoms with E-state index in [-0.39, 0.29) is 0 Å². The molecule has 102 valence electrons. The van der Waals surface area contributed by atoms with Crippen LogP contribution in [0.1, 0.15) is 39.2 Å². The topological polar surface area (TPSA) is 21.3 Å². The molecule has 1 rings (SSSR count). The zero-order valence-corrected chi connectivity index (χ0v) is 12.2. The first-order chi connectivity index (χ1) is 8.61. The molecule has 0 radical (unpaired) electrons. The van der Waals surface area contributed by atoms with Gasteiger partial charge in [0.1, 0.15) is 5.75 Å². The number of aryl methyl sites for hydroxylation is 1. The van der Waals surface area contributed by atoms with Crippen LogP contribution in [-0.4, -0.2) is 19.7 Å². The van der Waals surface area contributed by atoms with E-state index < -0.39 is 0 Å². The number of methoxy groups -OCH3 is 1. The largest absolute Gasteiger partial charge is 0.497 e. The summed E-state index contributed by atoms with van der Waals surface area (Å²) in [6, 6.07) is 8.96. The number of nitrogens with one attached hydrogen (secondary N) is 1. The Morgan fingerprint density at radius 1 is 1.06 bits per heavy atom. The molecular weight excluding hydrogens is 222 g/mol. The molecule has 1 atom stereocenters. The molecule has 0 spiro atoms. The van der Waals surface area contributed by atoms with Gasteiger partial charge in [-0.15, -0.1) is 0 Å². The lowest BCUT2D eigenvalue weighted by Gasteiger charge is -2.14. The normalized spacial score (nSPS) is 12.7. The fourth-order valence-electron chi connectivity index (χ4n) is 1.90. The van der Waals surface area contributed by atoms with E-state index in [0.29, 0.717) is 6.04 Å². The summed E-state index contributed by atoms with van der Waals surface area (Å²) in [5.41, 5.74) is 1.38. The first-order valence-corrected chi connectivity index (χ1v) is 6.98. The van der Waals surface area contributed by atoms with Crippen molar-refractivity contribution in [3.05, 3.63) is 29.8 Å². The van der Waals surface area contributed by atoms with E-state index in [9.17, 15) is 0 Å². The first-order valence-electron chi connectivity index (χ1n) is 6.98. The van der Waals surface area contributed by atoms with E-state index >= 15 is 0 Å². The lowest BCUT2D eigenvalue weighted by molar-refractivity contribution is 0.414. The van der Waals surface area contributed by atoms with Crippen molar-refractivity contribution >= 4 is 0 Å². The van der Waals surface area contributed by atoms with Crippen molar-refractivity contribution in [1.29, 1.82) is 0 Å². The van der Waals surface area contributed by atoms with Gasteiger partial charge < -0.3 is 10.1 Å². The minimum Gasteiger partial charge on any atom is -0.497 e. The Hall–Kier alpha value is -1.02. The molecule has 0 aliphatic carbocycles. The Balaban J connectivity index is 2.22. The smallest absolute Gasteiger partial charge is 0.118 e. The van der Waals surface area contributed by atoms with Crippen LogP contribution in [0.15, 0.2) is 24.3 Å². The second-order valence-corrected chi connectivity index (χ2v) is 5.42. The van der Waals surface area contributed by atoms with E-state index in [1.165, 1.54) is 18.4 Å². The third-order valence-corrected chi connectivity index (χ3v) is 3.24. The predicted octanol–water partition coefficient (Wildman–Crippen LogP) is 3.65. The highest BCUT2D eigenvalue weighted by Gasteiger charge is 2.03. The SMILES string of the molecule is COc1ccc(CCC(C)NCCC(C)C)cc1. The van der Waals surface area contributed by atoms with Crippen LogP contribution >= 0.6 is 0 Å². The van der Waals surface area contributed by atoms with E-state index in [1.807, 2.05) is 12.1 Å². The molecule has 2 nitrogen and oxygen atoms in total. The van der Waals surface area contributed by atoms with Gasteiger partial charge in [-0.2, -0.15) is 0 Å². The fraction of sp³-hybridized carbons (Fsp3) is 0.625. The molecule has 0 aliphatic rings. The molecule has 1 unspecified atom stereocenters. The van der Waals surface area contributed by atoms with Gasteiger partial charge in [-0.05, 0) is 56.3 Å². The van der Waals surface area contributed by atoms with Gasteiger partial charge in [0.15, 0.2) is 0 Å². The fourth-order valence-corrected chi connectivity index (χ4v) is 1.90. The molecule has 1 N–H and O–H groups in total. The molecule has 0 amide bonds. The summed E-state index contributed by atoms with van der Waals surface area (Å²) in [4.78, 5) is 0. The number of hydrogen-bond acceptors (Lipinski definition) is 2. The van der Waals surface area contributed by atoms with Gasteiger partial charge in [0, 0.05) is 6.04 Å². The van der Waals surface area contributed by atoms with Crippen LogP contribution in [0, 0.1) is 5.92 Å². The molecule has 0 fully saturated rings. The van der Waals surface area contributed by atoms with Crippen LogP contribution in [-0.2, 0) is 6.42 Å². The van der Waals surface area contributed by atoms with Gasteiger partial charge in [0.2, 0.25) is 0 Å². The van der Waals surface area contributed by atoms with Crippen molar-refractivity contribution in [3.8, 4) is 5.75 Å². The Bertz CT molecular complexity index is 318. The van der Waals surface area contributed by atoms with E-state index in [2.05, 4.69) is 38.2 Å². The number of rotatable bonds is 8. The highest BCUT2D eigenvalue weighted by atomic mass is 16.5. The second kappa shape index (κ2) is 8.15. The van der Waals surface area contributed by atoms with E-state index in [4.69, 9.17) is 4.74 Å². The maximum atomic E-state index is 5.16. The zero-order valence-electron chi connectivity index (χ0n) is 12.2. The van der Waals surface area contributed by atoms with Crippen LogP contribution in [0.25, 0.3) is 0 Å². The van der Waals surface area contributed by atoms with Gasteiger partial charge in [0.25, 0.3) is 0 Å². The molecular formula is C16H27NO. The van der Waals surface area contributed by atoms with Crippen LogP contribution in [0.4, 0.5) is 0 Å². The van der Waals surface area contributed by atoms with Crippen molar-refractivity contribution in [2.24, 2.45) is 5.92 Å². The van der Waals surface area contributed by atoms with Gasteiger partial charge in [-0.3, -0.25) is 0 Å². The number of ether oxygens (including phenoxy) is 1. The highest BCUT2D eigenvalue weighted by Crippen LogP contribution is 2.13. The maximum absolute atomic E-state index is 5.16. The summed E-state index contributed by atoms with van der Waals surface area (Å²) in [7, 11) is 1.70. The van der Waals surface area contributed by atoms with Gasteiger partial charge >= 0.3 is 0 Å². The van der Waals surface area contributed by atoms with E-state index in [1.54, 1.807) is 7.11 Å². The summed E-state index contributed by atoms with van der Waals surface area (Å²) in [6.45, 7) is 7.93. The summed E-state index contributed by atoms with van der Waals surface area (Å²) in [6.07, 6.45) is 3.57. The molecule has 0 bridgehead atoms. The van der Waals surface area contributed by atoms with Crippen molar-refractivity contribution in [1.82, 2.24) is 5.32 Å². The van der Waals surface area contributed by atoms with Crippen LogP contribution in [0.5, 0.6) is 5.75 Å². The van der Waals surface area contributed by atoms with Crippen molar-refractivity contribution in [3.63, 3.8) is 0 Å². The molecule has 1 aromatic rings. The average Bonchev–Trinajstić information content (AvgIpc) is 2.36. The van der Waals surface area contributed by atoms with Crippen molar-refractivity contribution in [2.75, 3.05) is 13.7 Å². The first kappa shape index (κ1) is 15.0. The quantitative estimate of drug-likeness (QED) is 0.759. The molecule has 0 aromatic heterocycles. The minimum absolute atomic E-state index is 0.589. The molecule has 0 aliphatic heterocycles. The van der Waals surface area contributed by atoms with Gasteiger partial charge in [-0.25, -0.2) is 0 Å². The summed E-state index contributed by atoms with van der Waals surface area (Å²) in [5, 5.41) is 3.58. The molecule has 0 saturated heterocycles. The minimum atomic E-state index is 0.589. The molecule has 2 heteroatoms. The molecule has 0 heterocycles. The van der Waals surface area contributed by atoms with Gasteiger partial charge in [0.05, 0.1) is 7.11 Å². The standard InChI is InChI=1S/C16H27NO/c1-13(2)11-12-17-14(3)5-6-15-7-9-16(18-4)10-8-15/h7-10,13-14,17H,5-6,11-12H2,1-4H3. The van der Waals surface area contributed by atoms with Crippen LogP contribution in [0.2, 0.25) is 0 Å². The van der Waals surface area contributed by atoms with Crippen molar-refractivity contribution in [2.45, 2.75) is 46.1 Å². The lowest BCUT2D eigenvalue weighted by atomic mass is 10.1. The summed E-state index contributed by atoms with van der Waals surface area (Å²) >= 11 is 0. The van der Waals surface area contributed by atoms with Crippen LogP contribution in [0.3, 0.4) is 0 Å². The summed E-state index contributed by atoms with van der Waals surface area (Å²) in [5.74, 6) is 1.72. The predicted molar refractivity (Wildman–Crippen MR) is 78.2 cm³/mol. The third kappa shape index (κ3) is 6.06. The Morgan fingerprint density at radius 3 is 2.28 bits per heavy atom. The Morgan fingerprint density at radius 2 is 1.72 bits per heavy atom. The number of benzene rings is 1. The lowest BCUT2D eigenvalue weighted by Crippen LogP contribution is -2.28. The van der Waals surface area contributed by atoms with Crippen LogP contribution < -0.4 is 10.1 Å².